The van der Waals surface area contributed by atoms with Crippen LogP contribution in [-0.2, 0) is 6.42 Å². The Bertz CT molecular complexity index is 659. The molecule has 22 heavy (non-hydrogen) atoms. The molecule has 0 fully saturated rings. The molecule has 2 rings (SSSR count). The fourth-order valence-electron chi connectivity index (χ4n) is 2.99. The first-order valence-corrected chi connectivity index (χ1v) is 7.59. The van der Waals surface area contributed by atoms with E-state index in [0.717, 1.165) is 17.3 Å². The Kier molecular flexibility index (Phi) is 4.87. The molecule has 0 spiro atoms. The van der Waals surface area contributed by atoms with E-state index in [1.54, 1.807) is 13.8 Å². The Labute approximate surface area is 129 Å². The molecule has 0 aliphatic carbocycles. The number of aryl methyl sites for hydroxylation is 1. The van der Waals surface area contributed by atoms with Crippen molar-refractivity contribution in [2.45, 2.75) is 52.2 Å². The van der Waals surface area contributed by atoms with Gasteiger partial charge >= 0.3 is 0 Å². The van der Waals surface area contributed by atoms with Crippen LogP contribution in [0.25, 0.3) is 10.9 Å². The largest absolute Gasteiger partial charge is 0.390 e. The molecule has 5 heteroatoms. The maximum absolute atomic E-state index is 13.8. The Morgan fingerprint density at radius 3 is 2.64 bits per heavy atom. The lowest BCUT2D eigenvalue weighted by atomic mass is 10.00. The van der Waals surface area contributed by atoms with E-state index in [9.17, 15) is 13.9 Å². The van der Waals surface area contributed by atoms with E-state index in [1.807, 2.05) is 13.8 Å². The Hall–Kier alpha value is -1.46. The summed E-state index contributed by atoms with van der Waals surface area (Å²) in [4.78, 5) is 2.99. The van der Waals surface area contributed by atoms with E-state index in [-0.39, 0.29) is 6.04 Å². The van der Waals surface area contributed by atoms with Crippen LogP contribution in [0.4, 0.5) is 8.78 Å². The standard InChI is InChI=1S/C17H24F2N2O/c1-10(9-17(3,4)22)20-6-5-13-11(2)21-16-14(13)7-12(18)8-15(16)19/h7-8,10,20-22H,5-6,9H2,1-4H3. The number of aromatic amines is 1. The van der Waals surface area contributed by atoms with Crippen LogP contribution < -0.4 is 5.32 Å². The van der Waals surface area contributed by atoms with Crippen molar-refractivity contribution in [3.63, 3.8) is 0 Å². The van der Waals surface area contributed by atoms with Gasteiger partial charge in [-0.05, 0) is 58.7 Å². The van der Waals surface area contributed by atoms with Crippen molar-refractivity contribution in [3.8, 4) is 0 Å². The third-order valence-corrected chi connectivity index (χ3v) is 3.82. The van der Waals surface area contributed by atoms with Gasteiger partial charge in [-0.25, -0.2) is 8.78 Å². The molecule has 122 valence electrons. The zero-order chi connectivity index (χ0) is 16.5. The normalized spacial score (nSPS) is 13.8. The molecule has 0 radical (unpaired) electrons. The fourth-order valence-corrected chi connectivity index (χ4v) is 2.99. The van der Waals surface area contributed by atoms with E-state index in [1.165, 1.54) is 6.07 Å². The van der Waals surface area contributed by atoms with E-state index in [0.29, 0.717) is 30.3 Å². The molecule has 3 nitrogen and oxygen atoms in total. The maximum Gasteiger partial charge on any atom is 0.150 e. The molecule has 1 atom stereocenters. The lowest BCUT2D eigenvalue weighted by molar-refractivity contribution is 0.0614. The number of H-pyrrole nitrogens is 1. The maximum atomic E-state index is 13.8. The molecule has 0 aliphatic heterocycles. The van der Waals surface area contributed by atoms with Crippen molar-refractivity contribution in [1.82, 2.24) is 10.3 Å². The molecule has 2 aromatic rings. The minimum atomic E-state index is -0.713. The Morgan fingerprint density at radius 2 is 2.00 bits per heavy atom. The average molecular weight is 310 g/mol. The number of aromatic nitrogens is 1. The fraction of sp³-hybridized carbons (Fsp3) is 0.529. The molecule has 0 bridgehead atoms. The molecule has 1 aromatic heterocycles. The molecule has 1 unspecified atom stereocenters. The summed E-state index contributed by atoms with van der Waals surface area (Å²) in [6.45, 7) is 8.12. The minimum absolute atomic E-state index is 0.166. The predicted octanol–water partition coefficient (Wildman–Crippen LogP) is 3.44. The van der Waals surface area contributed by atoms with E-state index in [4.69, 9.17) is 0 Å². The van der Waals surface area contributed by atoms with Gasteiger partial charge in [0.25, 0.3) is 0 Å². The van der Waals surface area contributed by atoms with Crippen molar-refractivity contribution in [1.29, 1.82) is 0 Å². The smallest absolute Gasteiger partial charge is 0.150 e. The summed E-state index contributed by atoms with van der Waals surface area (Å²) in [5.41, 5.74) is 1.43. The number of aliphatic hydroxyl groups is 1. The first kappa shape index (κ1) is 16.9. The van der Waals surface area contributed by atoms with Crippen molar-refractivity contribution < 1.29 is 13.9 Å². The lowest BCUT2D eigenvalue weighted by Gasteiger charge is -2.23. The van der Waals surface area contributed by atoms with E-state index in [2.05, 4.69) is 10.3 Å². The second-order valence-electron chi connectivity index (χ2n) is 6.66. The topological polar surface area (TPSA) is 48.0 Å². The third kappa shape index (κ3) is 4.05. The van der Waals surface area contributed by atoms with Crippen LogP contribution >= 0.6 is 0 Å². The zero-order valence-electron chi connectivity index (χ0n) is 13.6. The first-order chi connectivity index (χ1) is 10.2. The van der Waals surface area contributed by atoms with Gasteiger partial charge in [0.15, 0.2) is 0 Å². The summed E-state index contributed by atoms with van der Waals surface area (Å²) >= 11 is 0. The summed E-state index contributed by atoms with van der Waals surface area (Å²) in [6, 6.07) is 2.43. The zero-order valence-corrected chi connectivity index (χ0v) is 13.6. The van der Waals surface area contributed by atoms with Crippen molar-refractivity contribution >= 4 is 10.9 Å². The number of nitrogens with one attached hydrogen (secondary N) is 2. The van der Waals surface area contributed by atoms with Crippen LogP contribution in [0.3, 0.4) is 0 Å². The monoisotopic (exact) mass is 310 g/mol. The highest BCUT2D eigenvalue weighted by Gasteiger charge is 2.17. The predicted molar refractivity (Wildman–Crippen MR) is 85.0 cm³/mol. The van der Waals surface area contributed by atoms with E-state index < -0.39 is 17.2 Å². The van der Waals surface area contributed by atoms with Crippen molar-refractivity contribution in [2.24, 2.45) is 0 Å². The van der Waals surface area contributed by atoms with Gasteiger partial charge in [-0.2, -0.15) is 0 Å². The highest BCUT2D eigenvalue weighted by molar-refractivity contribution is 5.85. The molecular formula is C17H24F2N2O. The molecule has 3 N–H and O–H groups in total. The number of halogens is 2. The van der Waals surface area contributed by atoms with Crippen LogP contribution in [0.5, 0.6) is 0 Å². The second-order valence-corrected chi connectivity index (χ2v) is 6.66. The van der Waals surface area contributed by atoms with Crippen LogP contribution in [0, 0.1) is 18.6 Å². The number of benzene rings is 1. The van der Waals surface area contributed by atoms with Gasteiger partial charge in [-0.1, -0.05) is 0 Å². The summed E-state index contributed by atoms with van der Waals surface area (Å²) in [5.74, 6) is -1.12. The minimum Gasteiger partial charge on any atom is -0.390 e. The Morgan fingerprint density at radius 1 is 1.32 bits per heavy atom. The number of hydrogen-bond donors (Lipinski definition) is 3. The molecule has 0 saturated heterocycles. The van der Waals surface area contributed by atoms with Gasteiger partial charge in [-0.3, -0.25) is 0 Å². The van der Waals surface area contributed by atoms with Gasteiger partial charge in [0.2, 0.25) is 0 Å². The molecule has 0 saturated carbocycles. The van der Waals surface area contributed by atoms with Crippen LogP contribution in [0.2, 0.25) is 0 Å². The average Bonchev–Trinajstić information content (AvgIpc) is 2.65. The van der Waals surface area contributed by atoms with Gasteiger partial charge < -0.3 is 15.4 Å². The highest BCUT2D eigenvalue weighted by Crippen LogP contribution is 2.26. The van der Waals surface area contributed by atoms with Gasteiger partial charge in [0, 0.05) is 23.2 Å². The third-order valence-electron chi connectivity index (χ3n) is 3.82. The van der Waals surface area contributed by atoms with Crippen molar-refractivity contribution in [3.05, 3.63) is 35.0 Å². The van der Waals surface area contributed by atoms with Crippen LogP contribution in [0.1, 0.15) is 38.4 Å². The molecule has 0 amide bonds. The second kappa shape index (κ2) is 6.34. The summed E-state index contributed by atoms with van der Waals surface area (Å²) in [5, 5.41) is 13.7. The molecule has 1 aromatic carbocycles. The highest BCUT2D eigenvalue weighted by atomic mass is 19.1. The van der Waals surface area contributed by atoms with E-state index >= 15 is 0 Å². The summed E-state index contributed by atoms with van der Waals surface area (Å²) in [7, 11) is 0. The first-order valence-electron chi connectivity index (χ1n) is 7.59. The van der Waals surface area contributed by atoms with Crippen LogP contribution in [0.15, 0.2) is 12.1 Å². The summed E-state index contributed by atoms with van der Waals surface area (Å²) < 4.78 is 27.2. The quantitative estimate of drug-likeness (QED) is 0.765. The van der Waals surface area contributed by atoms with Crippen molar-refractivity contribution in [2.75, 3.05) is 6.54 Å². The lowest BCUT2D eigenvalue weighted by Crippen LogP contribution is -2.35. The summed E-state index contributed by atoms with van der Waals surface area (Å²) in [6.07, 6.45) is 1.31. The SMILES string of the molecule is Cc1[nH]c2c(F)cc(F)cc2c1CCNC(C)CC(C)(C)O. The van der Waals surface area contributed by atoms with Gasteiger partial charge in [0.1, 0.15) is 11.6 Å². The van der Waals surface area contributed by atoms with Gasteiger partial charge in [0.05, 0.1) is 11.1 Å². The van der Waals surface area contributed by atoms with Gasteiger partial charge in [-0.15, -0.1) is 0 Å². The number of fused-ring (bicyclic) bond motifs is 1. The Balaban J connectivity index is 2.07. The molecular weight excluding hydrogens is 286 g/mol. The van der Waals surface area contributed by atoms with Crippen LogP contribution in [-0.4, -0.2) is 28.3 Å². The number of hydrogen-bond acceptors (Lipinski definition) is 2. The number of rotatable bonds is 6. The molecule has 0 aliphatic rings. The molecule has 1 heterocycles.